The summed E-state index contributed by atoms with van der Waals surface area (Å²) in [6.07, 6.45) is 5.09. The minimum Gasteiger partial charge on any atom is -0.368 e. The quantitative estimate of drug-likeness (QED) is 0.543. The first kappa shape index (κ1) is 23.3. The molecule has 0 N–H and O–H groups in total. The second kappa shape index (κ2) is 10.0. The molecule has 0 atom stereocenters. The number of hydrogen-bond donors (Lipinski definition) is 0. The predicted molar refractivity (Wildman–Crippen MR) is 134 cm³/mol. The minimum absolute atomic E-state index is 0.161. The fourth-order valence-electron chi connectivity index (χ4n) is 5.09. The third-order valence-electron chi connectivity index (χ3n) is 7.14. The molecule has 1 aromatic carbocycles. The molecule has 2 aliphatic heterocycles. The van der Waals surface area contributed by atoms with Crippen molar-refractivity contribution in [3.05, 3.63) is 59.4 Å². The average molecular weight is 478 g/mol. The molecular weight excluding hydrogens is 445 g/mol. The topological polar surface area (TPSA) is 70.4 Å². The first-order chi connectivity index (χ1) is 17.0. The summed E-state index contributed by atoms with van der Waals surface area (Å²) in [5.41, 5.74) is 4.04. The largest absolute Gasteiger partial charge is 0.368 e. The Morgan fingerprint density at radius 3 is 2.31 bits per heavy atom. The first-order valence-corrected chi connectivity index (χ1v) is 12.4. The Morgan fingerprint density at radius 2 is 1.60 bits per heavy atom. The van der Waals surface area contributed by atoms with Gasteiger partial charge in [-0.15, -0.1) is 0 Å². The van der Waals surface area contributed by atoms with E-state index in [1.807, 2.05) is 29.5 Å². The number of nitrogens with zero attached hydrogens (tertiary/aromatic N) is 7. The molecule has 0 radical (unpaired) electrons. The molecule has 0 bridgehead atoms. The molecule has 8 nitrogen and oxygen atoms in total. The minimum atomic E-state index is -0.233. The highest BCUT2D eigenvalue weighted by Crippen LogP contribution is 2.23. The molecular formula is C26H32FN7O. The maximum absolute atomic E-state index is 13.2. The van der Waals surface area contributed by atoms with Crippen LogP contribution in [0.3, 0.4) is 0 Å². The maximum atomic E-state index is 13.2. The molecule has 0 aliphatic carbocycles. The molecule has 2 aliphatic rings. The molecule has 3 aromatic rings. The van der Waals surface area contributed by atoms with Gasteiger partial charge in [0.2, 0.25) is 5.91 Å². The van der Waals surface area contributed by atoms with Crippen LogP contribution in [0.4, 0.5) is 15.9 Å². The van der Waals surface area contributed by atoms with Crippen molar-refractivity contribution in [3.8, 4) is 5.82 Å². The average Bonchev–Trinajstić information content (AvgIpc) is 3.52. The molecule has 2 aromatic heterocycles. The first-order valence-electron chi connectivity index (χ1n) is 12.4. The molecule has 0 spiro atoms. The van der Waals surface area contributed by atoms with Gasteiger partial charge >= 0.3 is 0 Å². The van der Waals surface area contributed by atoms with Gasteiger partial charge < -0.3 is 14.7 Å². The van der Waals surface area contributed by atoms with Crippen molar-refractivity contribution in [2.45, 2.75) is 39.5 Å². The lowest BCUT2D eigenvalue weighted by molar-refractivity contribution is -0.131. The Kier molecular flexibility index (Phi) is 6.66. The van der Waals surface area contributed by atoms with Crippen molar-refractivity contribution in [2.24, 2.45) is 0 Å². The molecule has 2 saturated heterocycles. The van der Waals surface area contributed by atoms with Crippen LogP contribution in [0.15, 0.2) is 36.7 Å². The Bertz CT molecular complexity index is 1180. The second-order valence-corrected chi connectivity index (χ2v) is 9.33. The molecule has 184 valence electrons. The summed E-state index contributed by atoms with van der Waals surface area (Å²) < 4.78 is 15.1. The van der Waals surface area contributed by atoms with Gasteiger partial charge in [0.15, 0.2) is 5.82 Å². The van der Waals surface area contributed by atoms with Gasteiger partial charge in [-0.2, -0.15) is 5.10 Å². The van der Waals surface area contributed by atoms with Crippen LogP contribution in [0.25, 0.3) is 5.82 Å². The van der Waals surface area contributed by atoms with Gasteiger partial charge in [-0.25, -0.2) is 19.0 Å². The fourth-order valence-corrected chi connectivity index (χ4v) is 5.09. The van der Waals surface area contributed by atoms with Gasteiger partial charge in [0, 0.05) is 63.1 Å². The highest BCUT2D eigenvalue weighted by atomic mass is 19.1. The fraction of sp³-hybridized carbons (Fsp3) is 0.462. The van der Waals surface area contributed by atoms with Crippen molar-refractivity contribution in [2.75, 3.05) is 49.1 Å². The van der Waals surface area contributed by atoms with Crippen LogP contribution in [0.5, 0.6) is 0 Å². The van der Waals surface area contributed by atoms with Crippen LogP contribution < -0.4 is 9.80 Å². The van der Waals surface area contributed by atoms with Crippen molar-refractivity contribution in [1.29, 1.82) is 0 Å². The van der Waals surface area contributed by atoms with E-state index in [0.717, 1.165) is 60.5 Å². The van der Waals surface area contributed by atoms with Crippen molar-refractivity contribution in [1.82, 2.24) is 24.6 Å². The van der Waals surface area contributed by atoms with E-state index in [9.17, 15) is 9.18 Å². The number of piperazine rings is 1. The molecule has 5 rings (SSSR count). The Morgan fingerprint density at radius 1 is 0.914 bits per heavy atom. The molecule has 2 fully saturated rings. The lowest BCUT2D eigenvalue weighted by Gasteiger charge is -2.36. The summed E-state index contributed by atoms with van der Waals surface area (Å²) in [6, 6.07) is 8.54. The normalized spacial score (nSPS) is 16.3. The SMILES string of the molecule is Cc1nn(-c2cc(N3CCCC3)ncn2)c(C)c1CCC(=O)N1CCN(c2ccc(F)cc2)CC1. The molecule has 9 heteroatoms. The number of benzene rings is 1. The predicted octanol–water partition coefficient (Wildman–Crippen LogP) is 3.30. The Hall–Kier alpha value is -3.49. The van der Waals surface area contributed by atoms with Crippen molar-refractivity contribution in [3.63, 3.8) is 0 Å². The Balaban J connectivity index is 1.20. The van der Waals surface area contributed by atoms with Gasteiger partial charge in [0.05, 0.1) is 5.69 Å². The number of aromatic nitrogens is 4. The number of rotatable bonds is 6. The lowest BCUT2D eigenvalue weighted by Crippen LogP contribution is -2.48. The van der Waals surface area contributed by atoms with Crippen LogP contribution in [0, 0.1) is 19.7 Å². The van der Waals surface area contributed by atoms with E-state index < -0.39 is 0 Å². The van der Waals surface area contributed by atoms with Crippen molar-refractivity contribution < 1.29 is 9.18 Å². The highest BCUT2D eigenvalue weighted by molar-refractivity contribution is 5.77. The van der Waals surface area contributed by atoms with Crippen LogP contribution in [-0.4, -0.2) is 69.8 Å². The molecule has 35 heavy (non-hydrogen) atoms. The van der Waals surface area contributed by atoms with E-state index in [2.05, 4.69) is 19.8 Å². The van der Waals surface area contributed by atoms with E-state index >= 15 is 0 Å². The smallest absolute Gasteiger partial charge is 0.223 e. The van der Waals surface area contributed by atoms with Gasteiger partial charge in [-0.05, 0) is 62.9 Å². The zero-order chi connectivity index (χ0) is 24.4. The lowest BCUT2D eigenvalue weighted by atomic mass is 10.1. The van der Waals surface area contributed by atoms with Crippen LogP contribution in [0.2, 0.25) is 0 Å². The summed E-state index contributed by atoms with van der Waals surface area (Å²) in [4.78, 5) is 28.3. The van der Waals surface area contributed by atoms with Crippen LogP contribution in [-0.2, 0) is 11.2 Å². The monoisotopic (exact) mass is 477 g/mol. The number of amides is 1. The summed E-state index contributed by atoms with van der Waals surface area (Å²) in [5.74, 6) is 1.63. The van der Waals surface area contributed by atoms with E-state index in [-0.39, 0.29) is 11.7 Å². The number of hydrogen-bond acceptors (Lipinski definition) is 6. The summed E-state index contributed by atoms with van der Waals surface area (Å²) in [5, 5.41) is 4.74. The van der Waals surface area contributed by atoms with E-state index in [1.165, 1.54) is 25.0 Å². The Labute approximate surface area is 205 Å². The van der Waals surface area contributed by atoms with Gasteiger partial charge in [0.1, 0.15) is 18.0 Å². The van der Waals surface area contributed by atoms with E-state index in [0.29, 0.717) is 25.9 Å². The standard InChI is InChI=1S/C26H32FN7O/c1-19-23(20(2)34(30-19)25-17-24(28-18-29-25)32-11-3-4-12-32)9-10-26(35)33-15-13-31(14-16-33)22-7-5-21(27)6-8-22/h5-8,17-18H,3-4,9-16H2,1-2H3. The van der Waals surface area contributed by atoms with E-state index in [4.69, 9.17) is 5.10 Å². The number of halogens is 1. The number of carbonyl (C=O) groups is 1. The highest BCUT2D eigenvalue weighted by Gasteiger charge is 2.23. The second-order valence-electron chi connectivity index (χ2n) is 9.33. The van der Waals surface area contributed by atoms with Crippen LogP contribution in [0.1, 0.15) is 36.2 Å². The molecule has 4 heterocycles. The zero-order valence-electron chi connectivity index (χ0n) is 20.5. The third kappa shape index (κ3) is 4.99. The number of carbonyl (C=O) groups excluding carboxylic acids is 1. The number of aryl methyl sites for hydroxylation is 1. The van der Waals surface area contributed by atoms with E-state index in [1.54, 1.807) is 18.5 Å². The number of anilines is 2. The third-order valence-corrected chi connectivity index (χ3v) is 7.14. The summed E-state index contributed by atoms with van der Waals surface area (Å²) in [6.45, 7) is 8.94. The van der Waals surface area contributed by atoms with Crippen molar-refractivity contribution >= 4 is 17.4 Å². The van der Waals surface area contributed by atoms with Crippen LogP contribution >= 0.6 is 0 Å². The van der Waals surface area contributed by atoms with Gasteiger partial charge in [-0.1, -0.05) is 0 Å². The summed E-state index contributed by atoms with van der Waals surface area (Å²) >= 11 is 0. The van der Waals surface area contributed by atoms with Gasteiger partial charge in [0.25, 0.3) is 0 Å². The molecule has 0 unspecified atom stereocenters. The molecule has 0 saturated carbocycles. The maximum Gasteiger partial charge on any atom is 0.223 e. The zero-order valence-corrected chi connectivity index (χ0v) is 20.5. The summed E-state index contributed by atoms with van der Waals surface area (Å²) in [7, 11) is 0. The molecule has 1 amide bonds. The van der Waals surface area contributed by atoms with Gasteiger partial charge in [-0.3, -0.25) is 4.79 Å².